The van der Waals surface area contributed by atoms with E-state index >= 15 is 0 Å². The molecule has 430 valence electrons. The summed E-state index contributed by atoms with van der Waals surface area (Å²) in [5.74, 6) is 8.68. The van der Waals surface area contributed by atoms with Gasteiger partial charge in [0.2, 0.25) is 12.3 Å². The summed E-state index contributed by atoms with van der Waals surface area (Å²) in [5.41, 5.74) is 2.67. The average Bonchev–Trinajstić information content (AvgIpc) is 4.11. The minimum absolute atomic E-state index is 0.00222. The molecule has 2 N–H and O–H groups in total. The van der Waals surface area contributed by atoms with Gasteiger partial charge >= 0.3 is 0 Å². The van der Waals surface area contributed by atoms with E-state index in [4.69, 9.17) is 17.8 Å². The molecule has 8 aromatic rings. The van der Waals surface area contributed by atoms with E-state index in [1.165, 1.54) is 6.39 Å². The van der Waals surface area contributed by atoms with Crippen molar-refractivity contribution >= 4 is 0 Å². The van der Waals surface area contributed by atoms with Crippen LogP contribution >= 0.6 is 0 Å². The largest absolute Gasteiger partial charge is 0.448 e. The molecule has 0 unspecified atom stereocenters. The van der Waals surface area contributed by atoms with Crippen molar-refractivity contribution in [3.8, 4) is 0 Å². The SMILES string of the molecule is CC(C)(C)c1ncc[nH]1.CC(C)(C)c1ncco1.CC(C)(C)c1ncon1.Cc1cnc(C(C)(C)C)[nH]1.Cc1cnc(C(C)(C)C)o1.Cc1coc(C(C)(C)C)n1.Cc1nc(C(C)(C)C)no1.Cn1ccnc1C(C)(C)C. The van der Waals surface area contributed by atoms with E-state index in [0.29, 0.717) is 5.89 Å². The van der Waals surface area contributed by atoms with E-state index in [0.717, 1.165) is 63.9 Å². The van der Waals surface area contributed by atoms with E-state index in [-0.39, 0.29) is 43.3 Å². The highest BCUT2D eigenvalue weighted by molar-refractivity contribution is 5.08. The van der Waals surface area contributed by atoms with Gasteiger partial charge in [0.15, 0.2) is 29.3 Å². The number of aromatic amines is 2. The van der Waals surface area contributed by atoms with Gasteiger partial charge in [0.1, 0.15) is 35.8 Å². The van der Waals surface area contributed by atoms with Gasteiger partial charge in [-0.15, -0.1) is 0 Å². The molecule has 0 saturated carbocycles. The van der Waals surface area contributed by atoms with Crippen molar-refractivity contribution in [1.82, 2.24) is 64.7 Å². The highest BCUT2D eigenvalue weighted by Gasteiger charge is 2.23. The van der Waals surface area contributed by atoms with Crippen LogP contribution in [-0.2, 0) is 50.4 Å². The van der Waals surface area contributed by atoms with Gasteiger partial charge in [-0.2, -0.15) is 9.97 Å². The number of hydrogen-bond donors (Lipinski definition) is 2. The third-order valence-corrected chi connectivity index (χ3v) is 9.94. The molecule has 77 heavy (non-hydrogen) atoms. The van der Waals surface area contributed by atoms with Crippen molar-refractivity contribution in [3.05, 3.63) is 132 Å². The van der Waals surface area contributed by atoms with Gasteiger partial charge in [0.05, 0.1) is 18.1 Å². The molecule has 0 aliphatic carbocycles. The maximum Gasteiger partial charge on any atom is 0.223 e. The third kappa shape index (κ3) is 26.9. The fraction of sp³-hybridized carbons (Fsp3) is 0.627. The normalized spacial score (nSPS) is 12.0. The number of nitrogens with one attached hydrogen (secondary N) is 2. The van der Waals surface area contributed by atoms with Crippen molar-refractivity contribution in [2.75, 3.05) is 0 Å². The van der Waals surface area contributed by atoms with Gasteiger partial charge in [-0.1, -0.05) is 176 Å². The second kappa shape index (κ2) is 28.2. The minimum atomic E-state index is -0.00222. The van der Waals surface area contributed by atoms with Crippen molar-refractivity contribution < 1.29 is 22.3 Å². The minimum Gasteiger partial charge on any atom is -0.448 e. The summed E-state index contributed by atoms with van der Waals surface area (Å²) in [6, 6.07) is 0. The second-order valence-corrected chi connectivity index (χ2v) is 27.0. The van der Waals surface area contributed by atoms with Gasteiger partial charge in [0.25, 0.3) is 0 Å². The van der Waals surface area contributed by atoms with Crippen LogP contribution in [0.25, 0.3) is 0 Å². The lowest BCUT2D eigenvalue weighted by Gasteiger charge is -2.17. The summed E-state index contributed by atoms with van der Waals surface area (Å²) < 4.78 is 27.1. The van der Waals surface area contributed by atoms with Gasteiger partial charge in [-0.3, -0.25) is 0 Å². The maximum atomic E-state index is 5.34. The maximum absolute atomic E-state index is 5.34. The molecule has 18 heteroatoms. The monoisotopic (exact) mass is 1070 g/mol. The Morgan fingerprint density at radius 1 is 0.481 bits per heavy atom. The second-order valence-electron chi connectivity index (χ2n) is 27.0. The van der Waals surface area contributed by atoms with Gasteiger partial charge < -0.3 is 36.8 Å². The fourth-order valence-corrected chi connectivity index (χ4v) is 5.66. The number of hydrogen-bond acceptors (Lipinski definition) is 15. The van der Waals surface area contributed by atoms with Crippen LogP contribution in [-0.4, -0.2) is 64.7 Å². The predicted molar refractivity (Wildman–Crippen MR) is 307 cm³/mol. The van der Waals surface area contributed by atoms with Crippen LogP contribution in [0.5, 0.6) is 0 Å². The Balaban J connectivity index is 0.000000440. The molecular weight excluding hydrogens is 971 g/mol. The summed E-state index contributed by atoms with van der Waals surface area (Å²) in [6.45, 7) is 57.9. The molecule has 0 aliphatic heterocycles. The first-order valence-electron chi connectivity index (χ1n) is 26.2. The molecule has 8 aromatic heterocycles. The van der Waals surface area contributed by atoms with Crippen LogP contribution < -0.4 is 0 Å². The molecule has 0 aliphatic rings. The summed E-state index contributed by atoms with van der Waals surface area (Å²) >= 11 is 0. The quantitative estimate of drug-likeness (QED) is 0.144. The molecule has 0 amide bonds. The fourth-order valence-electron chi connectivity index (χ4n) is 5.66. The Kier molecular flexibility index (Phi) is 25.1. The van der Waals surface area contributed by atoms with E-state index in [9.17, 15) is 0 Å². The molecule has 0 fully saturated rings. The molecule has 8 heterocycles. The average molecular weight is 1070 g/mol. The predicted octanol–water partition coefficient (Wildman–Crippen LogP) is 15.0. The lowest BCUT2D eigenvalue weighted by Crippen LogP contribution is -2.16. The Hall–Kier alpha value is -6.46. The Morgan fingerprint density at radius 2 is 1.05 bits per heavy atom. The van der Waals surface area contributed by atoms with Crippen molar-refractivity contribution in [2.24, 2.45) is 7.05 Å². The topological polar surface area (TPSA) is 231 Å². The first-order chi connectivity index (χ1) is 34.8. The standard InChI is InChI=1S/2C8H14N2.2C8H13NO.C7H12N2O.C7H12N2.C7H11NO.C6H10N2O/c1-8(2,3)7-9-5-6-10(7)4;1-6-5-9-7(10-6)8(2,3)4;1-6-5-10-7(9-6)8(2,3)4;1-6-5-9-7(10-6)8(2,3)4;1-5-8-6(9-10-5)7(2,3)4;2*1-7(2,3)6-8-4-5-9-6;1-6(2,3)5-7-4-9-8-5/h5-6H,1-4H3;5H,1-4H3,(H,9,10);2*5H,1-4H3;1-4H3;4-5H,1-3H3,(H,8,9);4-5H,1-3H3;4H,1-3H3. The molecular formula is C59H99N13O5. The van der Waals surface area contributed by atoms with Crippen molar-refractivity contribution in [3.63, 3.8) is 0 Å². The van der Waals surface area contributed by atoms with Gasteiger partial charge in [-0.05, 0) is 20.8 Å². The zero-order valence-electron chi connectivity index (χ0n) is 52.7. The van der Waals surface area contributed by atoms with Crippen molar-refractivity contribution in [1.29, 1.82) is 0 Å². The number of aromatic nitrogens is 13. The van der Waals surface area contributed by atoms with Crippen LogP contribution in [0.15, 0.2) is 84.6 Å². The van der Waals surface area contributed by atoms with Crippen LogP contribution in [0.1, 0.15) is 236 Å². The molecule has 0 spiro atoms. The molecule has 0 radical (unpaired) electrons. The molecule has 0 aromatic carbocycles. The summed E-state index contributed by atoms with van der Waals surface area (Å²) in [5, 5.41) is 7.50. The zero-order valence-corrected chi connectivity index (χ0v) is 52.7. The smallest absolute Gasteiger partial charge is 0.223 e. The first kappa shape index (κ1) is 68.6. The van der Waals surface area contributed by atoms with Gasteiger partial charge in [-0.25, -0.2) is 29.9 Å². The summed E-state index contributed by atoms with van der Waals surface area (Å²) in [6.07, 6.45) is 17.3. The molecule has 8 rings (SSSR count). The third-order valence-electron chi connectivity index (χ3n) is 9.94. The van der Waals surface area contributed by atoms with Crippen LogP contribution in [0.2, 0.25) is 0 Å². The number of oxazole rings is 3. The highest BCUT2D eigenvalue weighted by Crippen LogP contribution is 2.24. The van der Waals surface area contributed by atoms with E-state index in [2.05, 4.69) is 215 Å². The summed E-state index contributed by atoms with van der Waals surface area (Å²) in [4.78, 5) is 39.3. The Labute approximate surface area is 461 Å². The molecule has 0 saturated heterocycles. The van der Waals surface area contributed by atoms with Crippen LogP contribution in [0.3, 0.4) is 0 Å². The number of aryl methyl sites for hydroxylation is 5. The van der Waals surface area contributed by atoms with E-state index in [1.54, 1.807) is 38.0 Å². The Bertz CT molecular complexity index is 2460. The lowest BCUT2D eigenvalue weighted by molar-refractivity contribution is 0.375. The van der Waals surface area contributed by atoms with E-state index < -0.39 is 0 Å². The number of rotatable bonds is 0. The number of nitrogens with zero attached hydrogens (tertiary/aromatic N) is 11. The molecule has 0 bridgehead atoms. The first-order valence-corrected chi connectivity index (χ1v) is 26.2. The zero-order chi connectivity index (χ0) is 59.6. The number of H-pyrrole nitrogens is 2. The number of imidazole rings is 3. The highest BCUT2D eigenvalue weighted by atomic mass is 16.5. The summed E-state index contributed by atoms with van der Waals surface area (Å²) in [7, 11) is 2.02. The van der Waals surface area contributed by atoms with Gasteiger partial charge in [0, 0.05) is 94.0 Å². The molecule has 18 nitrogen and oxygen atoms in total. The van der Waals surface area contributed by atoms with Crippen LogP contribution in [0.4, 0.5) is 0 Å². The lowest BCUT2D eigenvalue weighted by atomic mass is 9.96. The van der Waals surface area contributed by atoms with Crippen LogP contribution in [0, 0.1) is 27.7 Å². The molecule has 0 atom stereocenters. The van der Waals surface area contributed by atoms with E-state index in [1.807, 2.05) is 73.4 Å². The Morgan fingerprint density at radius 3 is 1.26 bits per heavy atom. The van der Waals surface area contributed by atoms with Crippen molar-refractivity contribution in [2.45, 2.75) is 237 Å².